The van der Waals surface area contributed by atoms with Crippen molar-refractivity contribution in [3.05, 3.63) is 35.2 Å². The molecule has 2 N–H and O–H groups in total. The average Bonchev–Trinajstić information content (AvgIpc) is 3.00. The van der Waals surface area contributed by atoms with Crippen LogP contribution in [0.1, 0.15) is 49.5 Å². The number of alkyl halides is 1. The van der Waals surface area contributed by atoms with Gasteiger partial charge in [0, 0.05) is 11.5 Å². The molecule has 1 aromatic carbocycles. The first-order valence-corrected chi connectivity index (χ1v) is 9.44. The van der Waals surface area contributed by atoms with Crippen molar-refractivity contribution in [2.24, 2.45) is 5.14 Å². The topological polar surface area (TPSA) is 86.2 Å². The Kier molecular flexibility index (Phi) is 4.88. The molecular weight excluding hydrogens is 357 g/mol. The summed E-state index contributed by atoms with van der Waals surface area (Å²) in [5.41, 5.74) is 0.167. The second kappa shape index (κ2) is 6.80. The Morgan fingerprint density at radius 2 is 1.84 bits per heavy atom. The van der Waals surface area contributed by atoms with Crippen LogP contribution >= 0.6 is 0 Å². The highest BCUT2D eigenvalue weighted by atomic mass is 32.2. The van der Waals surface area contributed by atoms with Gasteiger partial charge in [-0.3, -0.25) is 0 Å². The van der Waals surface area contributed by atoms with Crippen molar-refractivity contribution in [2.75, 3.05) is 0 Å². The Bertz CT molecular complexity index is 890. The molecular formula is C16H17F3N2O3S. The van der Waals surface area contributed by atoms with Gasteiger partial charge in [-0.1, -0.05) is 24.4 Å². The van der Waals surface area contributed by atoms with Crippen LogP contribution in [0.2, 0.25) is 0 Å². The zero-order chi connectivity index (χ0) is 18.2. The van der Waals surface area contributed by atoms with E-state index in [1.165, 1.54) is 0 Å². The normalized spacial score (nSPS) is 16.3. The van der Waals surface area contributed by atoms with E-state index in [0.29, 0.717) is 17.8 Å². The highest BCUT2D eigenvalue weighted by Gasteiger charge is 2.29. The lowest BCUT2D eigenvalue weighted by atomic mass is 9.84. The molecule has 1 aromatic heterocycles. The Balaban J connectivity index is 2.16. The lowest BCUT2D eigenvalue weighted by Gasteiger charge is -2.20. The van der Waals surface area contributed by atoms with Crippen molar-refractivity contribution in [1.29, 1.82) is 0 Å². The summed E-state index contributed by atoms with van der Waals surface area (Å²) in [6.07, 6.45) is 4.59. The molecule has 0 saturated heterocycles. The lowest BCUT2D eigenvalue weighted by molar-refractivity contribution is 0.320. The summed E-state index contributed by atoms with van der Waals surface area (Å²) in [7, 11) is -4.42. The molecule has 5 nitrogen and oxygen atoms in total. The number of primary sulfonamides is 1. The maximum Gasteiger partial charge on any atom is 0.241 e. The highest BCUT2D eigenvalue weighted by molar-refractivity contribution is 7.89. The number of benzene rings is 1. The fourth-order valence-electron chi connectivity index (χ4n) is 3.31. The fourth-order valence-corrected chi connectivity index (χ4v) is 3.91. The first kappa shape index (κ1) is 17.9. The Morgan fingerprint density at radius 1 is 1.16 bits per heavy atom. The zero-order valence-corrected chi connectivity index (χ0v) is 14.1. The van der Waals surface area contributed by atoms with Crippen LogP contribution in [0.4, 0.5) is 13.2 Å². The molecule has 25 heavy (non-hydrogen) atoms. The van der Waals surface area contributed by atoms with Crippen LogP contribution in [-0.2, 0) is 16.7 Å². The third-order valence-corrected chi connectivity index (χ3v) is 5.43. The molecule has 2 aromatic rings. The van der Waals surface area contributed by atoms with Crippen LogP contribution in [0, 0.1) is 11.6 Å². The van der Waals surface area contributed by atoms with Crippen LogP contribution < -0.4 is 5.14 Å². The number of rotatable bonds is 4. The Labute approximate surface area is 143 Å². The number of hydrogen-bond donors (Lipinski definition) is 1. The summed E-state index contributed by atoms with van der Waals surface area (Å²) >= 11 is 0. The van der Waals surface area contributed by atoms with Gasteiger partial charge in [0.25, 0.3) is 0 Å². The van der Waals surface area contributed by atoms with Crippen LogP contribution in [0.5, 0.6) is 0 Å². The van der Waals surface area contributed by atoms with Crippen LogP contribution in [0.25, 0.3) is 11.1 Å². The molecule has 1 heterocycles. The number of nitrogens with zero attached hydrogens (tertiary/aromatic N) is 1. The smallest absolute Gasteiger partial charge is 0.241 e. The molecule has 0 aliphatic heterocycles. The fraction of sp³-hybridized carbons (Fsp3) is 0.438. The molecule has 1 saturated carbocycles. The van der Waals surface area contributed by atoms with E-state index in [0.717, 1.165) is 32.1 Å². The van der Waals surface area contributed by atoms with E-state index in [1.807, 2.05) is 0 Å². The van der Waals surface area contributed by atoms with Gasteiger partial charge in [0.2, 0.25) is 10.0 Å². The number of nitrogens with two attached hydrogens (primary N) is 1. The number of aromatic nitrogens is 1. The minimum Gasteiger partial charge on any atom is -0.358 e. The first-order chi connectivity index (χ1) is 11.8. The van der Waals surface area contributed by atoms with Crippen molar-refractivity contribution >= 4 is 10.0 Å². The van der Waals surface area contributed by atoms with Gasteiger partial charge in [-0.25, -0.2) is 26.7 Å². The molecule has 0 spiro atoms. The van der Waals surface area contributed by atoms with Gasteiger partial charge in [0.1, 0.15) is 16.5 Å². The maximum atomic E-state index is 14.5. The second-order valence-corrected chi connectivity index (χ2v) is 7.67. The largest absolute Gasteiger partial charge is 0.358 e. The summed E-state index contributed by atoms with van der Waals surface area (Å²) in [6.45, 7) is -1.03. The molecule has 1 aliphatic carbocycles. The third-order valence-electron chi connectivity index (χ3n) is 4.50. The zero-order valence-electron chi connectivity index (χ0n) is 13.3. The van der Waals surface area contributed by atoms with Crippen molar-refractivity contribution in [1.82, 2.24) is 5.16 Å². The minimum absolute atomic E-state index is 0.0341. The van der Waals surface area contributed by atoms with Crippen molar-refractivity contribution in [3.63, 3.8) is 0 Å². The average molecular weight is 374 g/mol. The van der Waals surface area contributed by atoms with E-state index in [9.17, 15) is 21.6 Å². The molecule has 1 fully saturated rings. The van der Waals surface area contributed by atoms with Crippen molar-refractivity contribution in [3.8, 4) is 11.1 Å². The number of hydrogen-bond acceptors (Lipinski definition) is 4. The van der Waals surface area contributed by atoms with Gasteiger partial charge in [-0.15, -0.1) is 0 Å². The molecule has 136 valence electrons. The minimum atomic E-state index is -4.42. The quantitative estimate of drug-likeness (QED) is 0.882. The molecule has 3 rings (SSSR count). The molecule has 0 unspecified atom stereocenters. The van der Waals surface area contributed by atoms with Crippen LogP contribution in [0.3, 0.4) is 0 Å². The summed E-state index contributed by atoms with van der Waals surface area (Å²) in [4.78, 5) is -0.953. The first-order valence-electron chi connectivity index (χ1n) is 7.89. The van der Waals surface area contributed by atoms with E-state index in [4.69, 9.17) is 9.66 Å². The monoisotopic (exact) mass is 374 g/mol. The number of halogens is 3. The molecule has 0 radical (unpaired) electrons. The SMILES string of the molecule is NS(=O)(=O)c1cc(F)c(-c2c(C3CCCCC3)noc2CF)cc1F. The van der Waals surface area contributed by atoms with Crippen molar-refractivity contribution in [2.45, 2.75) is 49.6 Å². The maximum absolute atomic E-state index is 14.5. The lowest BCUT2D eigenvalue weighted by Crippen LogP contribution is -2.15. The predicted molar refractivity (Wildman–Crippen MR) is 83.9 cm³/mol. The van der Waals surface area contributed by atoms with E-state index in [-0.39, 0.29) is 22.8 Å². The third kappa shape index (κ3) is 3.43. The van der Waals surface area contributed by atoms with E-state index in [1.54, 1.807) is 0 Å². The van der Waals surface area contributed by atoms with Gasteiger partial charge in [-0.05, 0) is 25.0 Å². The van der Waals surface area contributed by atoms with Crippen LogP contribution in [0.15, 0.2) is 21.6 Å². The van der Waals surface area contributed by atoms with Gasteiger partial charge < -0.3 is 4.52 Å². The van der Waals surface area contributed by atoms with Gasteiger partial charge >= 0.3 is 0 Å². The summed E-state index contributed by atoms with van der Waals surface area (Å²) in [6, 6.07) is 1.20. The Hall–Kier alpha value is -1.87. The van der Waals surface area contributed by atoms with Gasteiger partial charge in [0.15, 0.2) is 12.4 Å². The van der Waals surface area contributed by atoms with E-state index < -0.39 is 33.2 Å². The predicted octanol–water partition coefficient (Wildman–Crippen LogP) is 3.78. The standard InChI is InChI=1S/C16H17F3N2O3S/c17-8-13-15(16(21-24-13)9-4-2-1-3-5-9)10-6-12(19)14(7-11(10)18)25(20,22)23/h6-7,9H,1-5,8H2,(H2,20,22,23). The second-order valence-electron chi connectivity index (χ2n) is 6.14. The van der Waals surface area contributed by atoms with Gasteiger partial charge in [0.05, 0.1) is 11.3 Å². The summed E-state index contributed by atoms with van der Waals surface area (Å²) < 4.78 is 69.6. The summed E-state index contributed by atoms with van der Waals surface area (Å²) in [5.74, 6) is -2.48. The molecule has 0 atom stereocenters. The summed E-state index contributed by atoms with van der Waals surface area (Å²) in [5, 5.41) is 8.75. The molecule has 9 heteroatoms. The molecule has 0 bridgehead atoms. The van der Waals surface area contributed by atoms with Crippen molar-refractivity contribution < 1.29 is 26.1 Å². The van der Waals surface area contributed by atoms with Gasteiger partial charge in [-0.2, -0.15) is 0 Å². The Morgan fingerprint density at radius 3 is 2.44 bits per heavy atom. The van der Waals surface area contributed by atoms with Crippen LogP contribution in [-0.4, -0.2) is 13.6 Å². The molecule has 1 aliphatic rings. The van der Waals surface area contributed by atoms with E-state index in [2.05, 4.69) is 5.16 Å². The number of sulfonamides is 1. The molecule has 0 amide bonds. The highest BCUT2D eigenvalue weighted by Crippen LogP contribution is 2.41. The van der Waals surface area contributed by atoms with E-state index >= 15 is 0 Å².